The molecule has 2 atom stereocenters. The Kier molecular flexibility index (Phi) is 4.73. The molecule has 2 heterocycles. The van der Waals surface area contributed by atoms with Gasteiger partial charge in [0.15, 0.2) is 0 Å². The Morgan fingerprint density at radius 3 is 2.64 bits per heavy atom. The summed E-state index contributed by atoms with van der Waals surface area (Å²) in [7, 11) is 0. The number of aromatic nitrogens is 5. The van der Waals surface area contributed by atoms with Gasteiger partial charge in [0, 0.05) is 18.5 Å². The molecule has 5 rings (SSSR count). The molecule has 10 heteroatoms. The minimum atomic E-state index is -0.671. The summed E-state index contributed by atoms with van der Waals surface area (Å²) in [5, 5.41) is 15.1. The molecular formula is C23H25F2N7O. The van der Waals surface area contributed by atoms with Gasteiger partial charge >= 0.3 is 0 Å². The summed E-state index contributed by atoms with van der Waals surface area (Å²) in [5.41, 5.74) is 6.66. The molecule has 2 bridgehead atoms. The minimum Gasteiger partial charge on any atom is -0.366 e. The number of benzene rings is 1. The average Bonchev–Trinajstić information content (AvgIpc) is 3.37. The fourth-order valence-corrected chi connectivity index (χ4v) is 5.81. The van der Waals surface area contributed by atoms with Crippen molar-refractivity contribution < 1.29 is 13.6 Å². The molecule has 2 aliphatic rings. The maximum Gasteiger partial charge on any atom is 0.291 e. The van der Waals surface area contributed by atoms with Crippen LogP contribution in [0.5, 0.6) is 0 Å². The minimum absolute atomic E-state index is 0.0128. The molecule has 1 aromatic carbocycles. The number of hydrogen-bond acceptors (Lipinski definition) is 6. The van der Waals surface area contributed by atoms with Crippen LogP contribution in [0.2, 0.25) is 0 Å². The van der Waals surface area contributed by atoms with Crippen LogP contribution in [0.4, 0.5) is 14.7 Å². The molecule has 0 radical (unpaired) electrons. The SMILES string of the molecule is CCN(C[C@@]12CC[C@@H](c3cc(-c4c(F)cccc4F)nnc31)C2(C)C)C(=O)c1nc(N)n[nH]1. The van der Waals surface area contributed by atoms with Gasteiger partial charge in [-0.05, 0) is 54.9 Å². The molecule has 1 amide bonds. The van der Waals surface area contributed by atoms with Crippen LogP contribution in [0.3, 0.4) is 0 Å². The molecule has 3 N–H and O–H groups in total. The maximum absolute atomic E-state index is 14.4. The summed E-state index contributed by atoms with van der Waals surface area (Å²) in [6.45, 7) is 7.12. The van der Waals surface area contributed by atoms with Crippen LogP contribution in [0, 0.1) is 17.0 Å². The van der Waals surface area contributed by atoms with Crippen molar-refractivity contribution in [2.75, 3.05) is 18.8 Å². The largest absolute Gasteiger partial charge is 0.366 e. The molecule has 1 fully saturated rings. The average molecular weight is 453 g/mol. The van der Waals surface area contributed by atoms with Crippen LogP contribution in [0.15, 0.2) is 24.3 Å². The first-order chi connectivity index (χ1) is 15.7. The number of halogens is 2. The third-order valence-electron chi connectivity index (χ3n) is 7.67. The van der Waals surface area contributed by atoms with Gasteiger partial charge in [0.2, 0.25) is 11.8 Å². The Balaban J connectivity index is 1.56. The molecule has 3 aromatic rings. The lowest BCUT2D eigenvalue weighted by molar-refractivity contribution is 0.0641. The van der Waals surface area contributed by atoms with E-state index in [0.29, 0.717) is 13.1 Å². The molecule has 0 saturated heterocycles. The van der Waals surface area contributed by atoms with Crippen LogP contribution in [-0.2, 0) is 5.41 Å². The Labute approximate surface area is 189 Å². The van der Waals surface area contributed by atoms with Gasteiger partial charge in [0.05, 0.1) is 17.0 Å². The number of fused-ring (bicyclic) bond motifs is 5. The number of nitrogen functional groups attached to an aromatic ring is 1. The van der Waals surface area contributed by atoms with Crippen molar-refractivity contribution in [3.05, 3.63) is 53.0 Å². The van der Waals surface area contributed by atoms with Gasteiger partial charge in [-0.1, -0.05) is 19.9 Å². The first-order valence-corrected chi connectivity index (χ1v) is 11.0. The first kappa shape index (κ1) is 21.4. The number of hydrogen-bond donors (Lipinski definition) is 2. The summed E-state index contributed by atoms with van der Waals surface area (Å²) in [6.07, 6.45) is 1.73. The van der Waals surface area contributed by atoms with Gasteiger partial charge in [-0.15, -0.1) is 5.10 Å². The summed E-state index contributed by atoms with van der Waals surface area (Å²) in [6, 6.07) is 5.53. The number of rotatable bonds is 5. The lowest BCUT2D eigenvalue weighted by Gasteiger charge is -2.41. The van der Waals surface area contributed by atoms with E-state index in [1.807, 2.05) is 6.92 Å². The lowest BCUT2D eigenvalue weighted by Crippen LogP contribution is -2.48. The van der Waals surface area contributed by atoms with Crippen molar-refractivity contribution >= 4 is 11.9 Å². The van der Waals surface area contributed by atoms with Gasteiger partial charge in [-0.2, -0.15) is 15.2 Å². The molecule has 0 unspecified atom stereocenters. The highest BCUT2D eigenvalue weighted by molar-refractivity contribution is 5.90. The second kappa shape index (κ2) is 7.29. The van der Waals surface area contributed by atoms with Gasteiger partial charge in [-0.3, -0.25) is 9.89 Å². The normalized spacial score (nSPS) is 22.4. The second-order valence-electron chi connectivity index (χ2n) is 9.39. The number of carbonyl (C=O) groups is 1. The van der Waals surface area contributed by atoms with E-state index < -0.39 is 17.0 Å². The zero-order valence-corrected chi connectivity index (χ0v) is 18.7. The number of likely N-dealkylation sites (N-methyl/N-ethyl adjacent to an activating group) is 1. The summed E-state index contributed by atoms with van der Waals surface area (Å²) in [4.78, 5) is 18.8. The number of amides is 1. The molecule has 8 nitrogen and oxygen atoms in total. The molecule has 0 aliphatic heterocycles. The highest BCUT2D eigenvalue weighted by Gasteiger charge is 2.64. The van der Waals surface area contributed by atoms with Gasteiger partial charge in [-0.25, -0.2) is 8.78 Å². The number of nitrogens with two attached hydrogens (primary N) is 1. The fourth-order valence-electron chi connectivity index (χ4n) is 5.81. The smallest absolute Gasteiger partial charge is 0.291 e. The van der Waals surface area contributed by atoms with Crippen molar-refractivity contribution in [3.8, 4) is 11.3 Å². The van der Waals surface area contributed by atoms with E-state index in [1.165, 1.54) is 18.2 Å². The number of aromatic amines is 1. The highest BCUT2D eigenvalue weighted by Crippen LogP contribution is 2.67. The van der Waals surface area contributed by atoms with E-state index in [4.69, 9.17) is 5.73 Å². The maximum atomic E-state index is 14.4. The molecule has 172 valence electrons. The van der Waals surface area contributed by atoms with E-state index in [0.717, 1.165) is 24.1 Å². The molecule has 2 aliphatic carbocycles. The van der Waals surface area contributed by atoms with E-state index in [9.17, 15) is 13.6 Å². The van der Waals surface area contributed by atoms with Crippen molar-refractivity contribution in [3.63, 3.8) is 0 Å². The van der Waals surface area contributed by atoms with E-state index >= 15 is 0 Å². The standard InChI is InChI=1S/C23H25F2N7O/c1-4-32(20(33)19-27-21(26)31-30-19)11-23-9-8-13(22(23,2)3)12-10-16(28-29-18(12)23)17-14(24)6-5-7-15(17)25/h5-7,10,13H,4,8-9,11H2,1-3H3,(H3,26,27,30,31)/t13-,23-/m0/s1. The Morgan fingerprint density at radius 1 is 1.27 bits per heavy atom. The Bertz CT molecular complexity index is 1240. The number of carbonyl (C=O) groups excluding carboxylic acids is 1. The van der Waals surface area contributed by atoms with Crippen molar-refractivity contribution in [2.24, 2.45) is 5.41 Å². The van der Waals surface area contributed by atoms with Gasteiger partial charge < -0.3 is 10.6 Å². The predicted molar refractivity (Wildman–Crippen MR) is 117 cm³/mol. The van der Waals surface area contributed by atoms with Gasteiger partial charge in [0.1, 0.15) is 11.6 Å². The van der Waals surface area contributed by atoms with Crippen LogP contribution >= 0.6 is 0 Å². The summed E-state index contributed by atoms with van der Waals surface area (Å²) in [5.74, 6) is -1.38. The van der Waals surface area contributed by atoms with Crippen LogP contribution in [-0.4, -0.2) is 49.3 Å². The van der Waals surface area contributed by atoms with Gasteiger partial charge in [0.25, 0.3) is 5.91 Å². The molecule has 0 spiro atoms. The van der Waals surface area contributed by atoms with E-state index in [2.05, 4.69) is 39.2 Å². The van der Waals surface area contributed by atoms with E-state index in [-0.39, 0.29) is 40.3 Å². The summed E-state index contributed by atoms with van der Waals surface area (Å²) >= 11 is 0. The Morgan fingerprint density at radius 2 is 2.00 bits per heavy atom. The predicted octanol–water partition coefficient (Wildman–Crippen LogP) is 3.44. The lowest BCUT2D eigenvalue weighted by atomic mass is 9.68. The monoisotopic (exact) mass is 453 g/mol. The number of anilines is 1. The number of nitrogens with one attached hydrogen (secondary N) is 1. The zero-order valence-electron chi connectivity index (χ0n) is 18.7. The zero-order chi connectivity index (χ0) is 23.5. The van der Waals surface area contributed by atoms with Crippen LogP contribution in [0.1, 0.15) is 61.4 Å². The number of nitrogens with zero attached hydrogens (tertiary/aromatic N) is 5. The quantitative estimate of drug-likeness (QED) is 0.612. The first-order valence-electron chi connectivity index (χ1n) is 11.0. The van der Waals surface area contributed by atoms with Crippen molar-refractivity contribution in [1.29, 1.82) is 0 Å². The highest BCUT2D eigenvalue weighted by atomic mass is 19.1. The topological polar surface area (TPSA) is 114 Å². The number of H-pyrrole nitrogens is 1. The fraction of sp³-hybridized carbons (Fsp3) is 0.435. The third-order valence-corrected chi connectivity index (χ3v) is 7.67. The molecule has 33 heavy (non-hydrogen) atoms. The second-order valence-corrected chi connectivity index (χ2v) is 9.39. The molecular weight excluding hydrogens is 428 g/mol. The Hall–Kier alpha value is -3.43. The molecule has 2 aromatic heterocycles. The summed E-state index contributed by atoms with van der Waals surface area (Å²) < 4.78 is 28.8. The van der Waals surface area contributed by atoms with Crippen molar-refractivity contribution in [1.82, 2.24) is 30.3 Å². The molecule has 1 saturated carbocycles. The van der Waals surface area contributed by atoms with Crippen LogP contribution < -0.4 is 5.73 Å². The third kappa shape index (κ3) is 2.96. The van der Waals surface area contributed by atoms with E-state index in [1.54, 1.807) is 11.0 Å². The van der Waals surface area contributed by atoms with Crippen LogP contribution in [0.25, 0.3) is 11.3 Å². The van der Waals surface area contributed by atoms with Crippen molar-refractivity contribution in [2.45, 2.75) is 44.9 Å².